The molecule has 2 aromatic carbocycles. The number of benzene rings is 2. The first-order valence-corrected chi connectivity index (χ1v) is 7.87. The van der Waals surface area contributed by atoms with E-state index in [1.165, 1.54) is 12.1 Å². The topological polar surface area (TPSA) is 49.3 Å². The van der Waals surface area contributed by atoms with Crippen molar-refractivity contribution < 1.29 is 14.3 Å². The molecule has 0 saturated heterocycles. The zero-order chi connectivity index (χ0) is 16.4. The molecular weight excluding hydrogens is 317 g/mol. The lowest BCUT2D eigenvalue weighted by Crippen LogP contribution is -2.37. The summed E-state index contributed by atoms with van der Waals surface area (Å²) in [6, 6.07) is 13.2. The van der Waals surface area contributed by atoms with Gasteiger partial charge in [-0.2, -0.15) is 0 Å². The number of carbonyl (C=O) groups excluding carboxylic acids is 1. The summed E-state index contributed by atoms with van der Waals surface area (Å²) in [5, 5.41) is 13.4. The van der Waals surface area contributed by atoms with E-state index in [1.54, 1.807) is 24.3 Å². The van der Waals surface area contributed by atoms with Crippen LogP contribution in [0.2, 0.25) is 5.02 Å². The molecule has 0 aliphatic heterocycles. The number of carbonyl (C=O) groups is 1. The number of rotatable bonds is 5. The van der Waals surface area contributed by atoms with Gasteiger partial charge in [-0.1, -0.05) is 41.9 Å². The summed E-state index contributed by atoms with van der Waals surface area (Å²) >= 11 is 5.88. The van der Waals surface area contributed by atoms with Gasteiger partial charge in [-0.3, -0.25) is 4.79 Å². The molecule has 0 heterocycles. The minimum absolute atomic E-state index is 0.0187. The number of nitrogens with one attached hydrogen (secondary N) is 1. The van der Waals surface area contributed by atoms with Gasteiger partial charge in [0.05, 0.1) is 11.5 Å². The third kappa shape index (κ3) is 3.23. The smallest absolute Gasteiger partial charge is 0.230 e. The zero-order valence-electron chi connectivity index (χ0n) is 12.4. The highest BCUT2D eigenvalue weighted by Crippen LogP contribution is 2.48. The van der Waals surface area contributed by atoms with Crippen molar-refractivity contribution in [2.45, 2.75) is 24.4 Å². The van der Waals surface area contributed by atoms with E-state index in [0.29, 0.717) is 5.02 Å². The first-order valence-electron chi connectivity index (χ1n) is 7.50. The third-order valence-electron chi connectivity index (χ3n) is 4.30. The van der Waals surface area contributed by atoms with Gasteiger partial charge in [-0.15, -0.1) is 0 Å². The Hall–Kier alpha value is -1.91. The molecule has 1 aliphatic carbocycles. The van der Waals surface area contributed by atoms with E-state index < -0.39 is 17.3 Å². The van der Waals surface area contributed by atoms with E-state index in [4.69, 9.17) is 11.6 Å². The maximum atomic E-state index is 13.6. The molecule has 1 amide bonds. The first-order chi connectivity index (χ1) is 11.0. The van der Waals surface area contributed by atoms with Crippen LogP contribution in [0.4, 0.5) is 4.39 Å². The summed E-state index contributed by atoms with van der Waals surface area (Å²) in [4.78, 5) is 12.5. The molecule has 5 heteroatoms. The molecule has 23 heavy (non-hydrogen) atoms. The first kappa shape index (κ1) is 16.0. The lowest BCUT2D eigenvalue weighted by atomic mass is 9.95. The van der Waals surface area contributed by atoms with Gasteiger partial charge in [-0.05, 0) is 36.6 Å². The summed E-state index contributed by atoms with van der Waals surface area (Å²) in [5.74, 6) is -0.622. The van der Waals surface area contributed by atoms with Crippen LogP contribution in [0, 0.1) is 5.82 Å². The van der Waals surface area contributed by atoms with Gasteiger partial charge in [0.2, 0.25) is 5.91 Å². The molecule has 3 rings (SSSR count). The van der Waals surface area contributed by atoms with Crippen molar-refractivity contribution in [1.29, 1.82) is 0 Å². The van der Waals surface area contributed by atoms with Gasteiger partial charge in [-0.25, -0.2) is 4.39 Å². The van der Waals surface area contributed by atoms with Crippen LogP contribution in [0.25, 0.3) is 0 Å². The standard InChI is InChI=1S/C18H17ClFNO2/c19-13-7-5-12(6-8-13)18(9-10-18)17(23)21-11-16(22)14-3-1-2-4-15(14)20/h1-8,16,22H,9-11H2,(H,21,23). The van der Waals surface area contributed by atoms with Crippen molar-refractivity contribution in [3.63, 3.8) is 0 Å². The zero-order valence-corrected chi connectivity index (χ0v) is 13.2. The fourth-order valence-corrected chi connectivity index (χ4v) is 2.88. The number of halogens is 2. The highest BCUT2D eigenvalue weighted by atomic mass is 35.5. The molecule has 120 valence electrons. The van der Waals surface area contributed by atoms with Crippen LogP contribution in [0.5, 0.6) is 0 Å². The second-order valence-corrected chi connectivity index (χ2v) is 6.27. The summed E-state index contributed by atoms with van der Waals surface area (Å²) in [7, 11) is 0. The molecule has 0 aromatic heterocycles. The molecule has 2 N–H and O–H groups in total. The molecular formula is C18H17ClFNO2. The van der Waals surface area contributed by atoms with Gasteiger partial charge in [0.15, 0.2) is 0 Å². The summed E-state index contributed by atoms with van der Waals surface area (Å²) < 4.78 is 13.6. The van der Waals surface area contributed by atoms with E-state index in [1.807, 2.05) is 12.1 Å². The molecule has 0 bridgehead atoms. The largest absolute Gasteiger partial charge is 0.386 e. The predicted molar refractivity (Wildman–Crippen MR) is 86.7 cm³/mol. The van der Waals surface area contributed by atoms with Crippen LogP contribution in [0.3, 0.4) is 0 Å². The lowest BCUT2D eigenvalue weighted by molar-refractivity contribution is -0.124. The van der Waals surface area contributed by atoms with Gasteiger partial charge >= 0.3 is 0 Å². The SMILES string of the molecule is O=C(NCC(O)c1ccccc1F)C1(c2ccc(Cl)cc2)CC1. The number of hydrogen-bond acceptors (Lipinski definition) is 2. The van der Waals surface area contributed by atoms with Gasteiger partial charge < -0.3 is 10.4 Å². The van der Waals surface area contributed by atoms with Crippen LogP contribution in [-0.2, 0) is 10.2 Å². The quantitative estimate of drug-likeness (QED) is 0.881. The monoisotopic (exact) mass is 333 g/mol. The molecule has 0 radical (unpaired) electrons. The molecule has 2 aromatic rings. The molecule has 1 aliphatic rings. The summed E-state index contributed by atoms with van der Waals surface area (Å²) in [6.07, 6.45) is 0.452. The average Bonchev–Trinajstić information content (AvgIpc) is 3.35. The molecule has 1 fully saturated rings. The Morgan fingerprint density at radius 1 is 1.22 bits per heavy atom. The average molecular weight is 334 g/mol. The molecule has 0 spiro atoms. The summed E-state index contributed by atoms with van der Waals surface area (Å²) in [6.45, 7) is -0.0187. The highest BCUT2D eigenvalue weighted by molar-refractivity contribution is 6.30. The van der Waals surface area contributed by atoms with Crippen LogP contribution in [0.15, 0.2) is 48.5 Å². The van der Waals surface area contributed by atoms with Gasteiger partial charge in [0.1, 0.15) is 5.82 Å². The number of aliphatic hydroxyl groups is 1. The van der Waals surface area contributed by atoms with Crippen LogP contribution in [-0.4, -0.2) is 17.6 Å². The van der Waals surface area contributed by atoms with Crippen LogP contribution < -0.4 is 5.32 Å². The number of aliphatic hydroxyl groups excluding tert-OH is 1. The van der Waals surface area contributed by atoms with Crippen molar-refractivity contribution in [1.82, 2.24) is 5.32 Å². The number of hydrogen-bond donors (Lipinski definition) is 2. The van der Waals surface area contributed by atoms with Crippen LogP contribution >= 0.6 is 11.6 Å². The van der Waals surface area contributed by atoms with Crippen molar-refractivity contribution in [3.8, 4) is 0 Å². The van der Waals surface area contributed by atoms with Gasteiger partial charge in [0, 0.05) is 17.1 Å². The Kier molecular flexibility index (Phi) is 4.37. The van der Waals surface area contributed by atoms with Crippen molar-refractivity contribution in [3.05, 3.63) is 70.5 Å². The highest BCUT2D eigenvalue weighted by Gasteiger charge is 2.51. The second kappa shape index (κ2) is 6.30. The fraction of sp³-hybridized carbons (Fsp3) is 0.278. The predicted octanol–water partition coefficient (Wildman–Crippen LogP) is 3.36. The van der Waals surface area contributed by atoms with E-state index in [-0.39, 0.29) is 18.0 Å². The van der Waals surface area contributed by atoms with Crippen molar-refractivity contribution in [2.24, 2.45) is 0 Å². The van der Waals surface area contributed by atoms with Crippen molar-refractivity contribution >= 4 is 17.5 Å². The molecule has 1 unspecified atom stereocenters. The Labute approximate surface area is 139 Å². The second-order valence-electron chi connectivity index (χ2n) is 5.84. The molecule has 1 atom stereocenters. The minimum Gasteiger partial charge on any atom is -0.386 e. The minimum atomic E-state index is -1.07. The Morgan fingerprint density at radius 3 is 2.48 bits per heavy atom. The summed E-state index contributed by atoms with van der Waals surface area (Å²) in [5.41, 5.74) is 0.559. The van der Waals surface area contributed by atoms with E-state index in [2.05, 4.69) is 5.32 Å². The lowest BCUT2D eigenvalue weighted by Gasteiger charge is -2.18. The molecule has 1 saturated carbocycles. The van der Waals surface area contributed by atoms with E-state index in [0.717, 1.165) is 18.4 Å². The third-order valence-corrected chi connectivity index (χ3v) is 4.55. The normalized spacial score (nSPS) is 16.7. The maximum Gasteiger partial charge on any atom is 0.230 e. The Balaban J connectivity index is 1.66. The number of amides is 1. The van der Waals surface area contributed by atoms with E-state index in [9.17, 15) is 14.3 Å². The Bertz CT molecular complexity index is 713. The van der Waals surface area contributed by atoms with E-state index >= 15 is 0 Å². The van der Waals surface area contributed by atoms with Crippen LogP contribution in [0.1, 0.15) is 30.1 Å². The fourth-order valence-electron chi connectivity index (χ4n) is 2.75. The van der Waals surface area contributed by atoms with Gasteiger partial charge in [0.25, 0.3) is 0 Å². The Morgan fingerprint density at radius 2 is 1.87 bits per heavy atom. The van der Waals surface area contributed by atoms with Crippen molar-refractivity contribution in [2.75, 3.05) is 6.54 Å². The molecule has 3 nitrogen and oxygen atoms in total. The maximum absolute atomic E-state index is 13.6.